The first-order valence-corrected chi connectivity index (χ1v) is 9.35. The van der Waals surface area contributed by atoms with Crippen LogP contribution in [0.15, 0.2) is 42.5 Å². The lowest BCUT2D eigenvalue weighted by atomic mass is 10.1. The first-order valence-electron chi connectivity index (χ1n) is 8.53. The summed E-state index contributed by atoms with van der Waals surface area (Å²) in [4.78, 5) is 4.80. The van der Waals surface area contributed by atoms with E-state index < -0.39 is 0 Å². The number of rotatable bonds is 4. The molecule has 134 valence electrons. The van der Waals surface area contributed by atoms with E-state index in [2.05, 4.69) is 27.3 Å². The maximum atomic E-state index is 5.24. The lowest BCUT2D eigenvalue weighted by molar-refractivity contribution is 0.979. The number of thiocarbonyl (C=S) groups is 2. The number of fused-ring (bicyclic) bond motifs is 2. The average molecular weight is 384 g/mol. The van der Waals surface area contributed by atoms with Crippen molar-refractivity contribution in [3.63, 3.8) is 0 Å². The first kappa shape index (κ1) is 18.3. The number of benzene rings is 2. The van der Waals surface area contributed by atoms with Crippen LogP contribution < -0.4 is 21.3 Å². The van der Waals surface area contributed by atoms with Crippen LogP contribution in [0.25, 0.3) is 21.8 Å². The van der Waals surface area contributed by atoms with Crippen molar-refractivity contribution in [3.8, 4) is 0 Å². The smallest absolute Gasteiger partial charge is 0.170 e. The molecule has 0 aliphatic rings. The Labute approximate surface area is 163 Å². The van der Waals surface area contributed by atoms with Gasteiger partial charge in [0.05, 0.1) is 11.0 Å². The van der Waals surface area contributed by atoms with Crippen LogP contribution in [0.4, 0.5) is 11.4 Å². The Kier molecular flexibility index (Phi) is 5.80. The molecular formula is C19H21N5S2. The van der Waals surface area contributed by atoms with E-state index >= 15 is 0 Å². The standard InChI is InChI=1S/C19H21N5S2/c1-3-20-18(25)22-14-7-5-12-9-13-6-8-15(23-19(26)21-4-2)11-17(13)24-16(12)10-14/h5-11H,3-4H2,1-2H3,(H2,20,22,25)(H2,21,23,26). The lowest BCUT2D eigenvalue weighted by Gasteiger charge is -2.11. The molecule has 3 aromatic rings. The molecule has 0 spiro atoms. The van der Waals surface area contributed by atoms with Crippen molar-refractivity contribution in [2.24, 2.45) is 0 Å². The van der Waals surface area contributed by atoms with Gasteiger partial charge in [-0.15, -0.1) is 0 Å². The predicted octanol–water partition coefficient (Wildman–Crippen LogP) is 4.00. The fourth-order valence-electron chi connectivity index (χ4n) is 2.65. The van der Waals surface area contributed by atoms with Gasteiger partial charge in [-0.2, -0.15) is 0 Å². The molecule has 0 aliphatic carbocycles. The molecule has 0 aliphatic heterocycles. The molecule has 0 radical (unpaired) electrons. The van der Waals surface area contributed by atoms with E-state index in [1.165, 1.54) is 0 Å². The summed E-state index contributed by atoms with van der Waals surface area (Å²) in [5.41, 5.74) is 3.65. The van der Waals surface area contributed by atoms with Crippen molar-refractivity contribution in [1.29, 1.82) is 0 Å². The number of anilines is 2. The zero-order valence-electron chi connectivity index (χ0n) is 14.7. The maximum Gasteiger partial charge on any atom is 0.170 e. The molecule has 0 bridgehead atoms. The van der Waals surface area contributed by atoms with Gasteiger partial charge in [-0.05, 0) is 68.6 Å². The Hall–Kier alpha value is -2.51. The van der Waals surface area contributed by atoms with Crippen molar-refractivity contribution in [2.45, 2.75) is 13.8 Å². The highest BCUT2D eigenvalue weighted by molar-refractivity contribution is 7.80. The number of pyridine rings is 1. The highest BCUT2D eigenvalue weighted by Crippen LogP contribution is 2.24. The van der Waals surface area contributed by atoms with Crippen LogP contribution >= 0.6 is 24.4 Å². The van der Waals surface area contributed by atoms with Gasteiger partial charge in [-0.3, -0.25) is 0 Å². The number of hydrogen-bond acceptors (Lipinski definition) is 3. The SMILES string of the molecule is CCNC(=S)Nc1ccc2cc3ccc(NC(=S)NCC)cc3nc2c1. The molecule has 1 aromatic heterocycles. The van der Waals surface area contributed by atoms with E-state index in [1.54, 1.807) is 0 Å². The van der Waals surface area contributed by atoms with Crippen molar-refractivity contribution in [1.82, 2.24) is 15.6 Å². The van der Waals surface area contributed by atoms with Gasteiger partial charge in [0.1, 0.15) is 0 Å². The molecule has 4 N–H and O–H groups in total. The molecule has 0 atom stereocenters. The van der Waals surface area contributed by atoms with Crippen LogP contribution in [0, 0.1) is 0 Å². The van der Waals surface area contributed by atoms with Crippen LogP contribution in [0.5, 0.6) is 0 Å². The van der Waals surface area contributed by atoms with E-state index in [-0.39, 0.29) is 0 Å². The fraction of sp³-hybridized carbons (Fsp3) is 0.211. The highest BCUT2D eigenvalue weighted by atomic mass is 32.1. The molecule has 7 heteroatoms. The summed E-state index contributed by atoms with van der Waals surface area (Å²) in [6.07, 6.45) is 0. The normalized spacial score (nSPS) is 10.5. The quantitative estimate of drug-likeness (QED) is 0.401. The molecule has 1 heterocycles. The summed E-state index contributed by atoms with van der Waals surface area (Å²) >= 11 is 10.5. The lowest BCUT2D eigenvalue weighted by Crippen LogP contribution is -2.27. The minimum absolute atomic E-state index is 0.607. The Bertz CT molecular complexity index is 896. The predicted molar refractivity (Wildman–Crippen MR) is 119 cm³/mol. The monoisotopic (exact) mass is 383 g/mol. The van der Waals surface area contributed by atoms with Crippen molar-refractivity contribution in [2.75, 3.05) is 23.7 Å². The Morgan fingerprint density at radius 2 is 1.23 bits per heavy atom. The van der Waals surface area contributed by atoms with Crippen molar-refractivity contribution < 1.29 is 0 Å². The minimum atomic E-state index is 0.607. The van der Waals surface area contributed by atoms with E-state index in [1.807, 2.05) is 50.2 Å². The van der Waals surface area contributed by atoms with Crippen LogP contribution in [0.2, 0.25) is 0 Å². The molecular weight excluding hydrogens is 362 g/mol. The van der Waals surface area contributed by atoms with Crippen LogP contribution in [0.1, 0.15) is 13.8 Å². The van der Waals surface area contributed by atoms with Crippen LogP contribution in [-0.2, 0) is 0 Å². The minimum Gasteiger partial charge on any atom is -0.363 e. The van der Waals surface area contributed by atoms with Gasteiger partial charge in [0.2, 0.25) is 0 Å². The van der Waals surface area contributed by atoms with Gasteiger partial charge >= 0.3 is 0 Å². The van der Waals surface area contributed by atoms with Gasteiger partial charge in [0.25, 0.3) is 0 Å². The summed E-state index contributed by atoms with van der Waals surface area (Å²) in [6.45, 7) is 5.59. The van der Waals surface area contributed by atoms with E-state index in [0.717, 1.165) is 46.3 Å². The topological polar surface area (TPSA) is 61.0 Å². The molecule has 2 aromatic carbocycles. The first-order chi connectivity index (χ1) is 12.6. The number of aromatic nitrogens is 1. The number of hydrogen-bond donors (Lipinski definition) is 4. The van der Waals surface area contributed by atoms with Crippen molar-refractivity contribution >= 4 is 67.8 Å². The van der Waals surface area contributed by atoms with Crippen LogP contribution in [-0.4, -0.2) is 28.3 Å². The molecule has 0 unspecified atom stereocenters. The van der Waals surface area contributed by atoms with E-state index in [9.17, 15) is 0 Å². The van der Waals surface area contributed by atoms with Crippen LogP contribution in [0.3, 0.4) is 0 Å². The highest BCUT2D eigenvalue weighted by Gasteiger charge is 2.04. The Morgan fingerprint density at radius 1 is 0.769 bits per heavy atom. The molecule has 0 saturated heterocycles. The second-order valence-electron chi connectivity index (χ2n) is 5.77. The molecule has 26 heavy (non-hydrogen) atoms. The third-order valence-corrected chi connectivity index (χ3v) is 4.30. The van der Waals surface area contributed by atoms with E-state index in [0.29, 0.717) is 10.2 Å². The van der Waals surface area contributed by atoms with E-state index in [4.69, 9.17) is 29.4 Å². The number of nitrogens with zero attached hydrogens (tertiary/aromatic N) is 1. The summed E-state index contributed by atoms with van der Waals surface area (Å²) in [6, 6.07) is 14.2. The fourth-order valence-corrected chi connectivity index (χ4v) is 3.17. The third kappa shape index (κ3) is 4.36. The summed E-state index contributed by atoms with van der Waals surface area (Å²) in [7, 11) is 0. The average Bonchev–Trinajstić information content (AvgIpc) is 2.60. The second-order valence-corrected chi connectivity index (χ2v) is 6.59. The Morgan fingerprint density at radius 3 is 1.65 bits per heavy atom. The molecule has 3 rings (SSSR count). The maximum absolute atomic E-state index is 5.24. The number of nitrogens with one attached hydrogen (secondary N) is 4. The van der Waals surface area contributed by atoms with Gasteiger partial charge < -0.3 is 21.3 Å². The zero-order valence-corrected chi connectivity index (χ0v) is 16.4. The van der Waals surface area contributed by atoms with Gasteiger partial charge in [-0.1, -0.05) is 12.1 Å². The molecule has 5 nitrogen and oxygen atoms in total. The van der Waals surface area contributed by atoms with Gasteiger partial charge in [-0.25, -0.2) is 4.98 Å². The third-order valence-electron chi connectivity index (χ3n) is 3.80. The van der Waals surface area contributed by atoms with Gasteiger partial charge in [0, 0.05) is 35.2 Å². The molecule has 0 amide bonds. The summed E-state index contributed by atoms with van der Waals surface area (Å²) in [5, 5.41) is 15.9. The summed E-state index contributed by atoms with van der Waals surface area (Å²) in [5.74, 6) is 0. The zero-order chi connectivity index (χ0) is 18.5. The molecule has 0 saturated carbocycles. The van der Waals surface area contributed by atoms with Gasteiger partial charge in [0.15, 0.2) is 10.2 Å². The summed E-state index contributed by atoms with van der Waals surface area (Å²) < 4.78 is 0. The molecule has 0 fully saturated rings. The Balaban J connectivity index is 1.92. The second kappa shape index (κ2) is 8.25. The largest absolute Gasteiger partial charge is 0.363 e. The van der Waals surface area contributed by atoms with Crippen molar-refractivity contribution in [3.05, 3.63) is 42.5 Å².